The van der Waals surface area contributed by atoms with Gasteiger partial charge in [0, 0.05) is 38.3 Å². The summed E-state index contributed by atoms with van der Waals surface area (Å²) in [6.45, 7) is 4.74. The highest BCUT2D eigenvalue weighted by atomic mass is 19.4. The first-order valence-corrected chi connectivity index (χ1v) is 6.14. The van der Waals surface area contributed by atoms with Gasteiger partial charge in [-0.05, 0) is 13.1 Å². The Morgan fingerprint density at radius 3 is 2.39 bits per heavy atom. The van der Waals surface area contributed by atoms with Gasteiger partial charge in [0.2, 0.25) is 0 Å². The summed E-state index contributed by atoms with van der Waals surface area (Å²) in [5.74, 6) is -1.52. The van der Waals surface area contributed by atoms with E-state index in [0.717, 1.165) is 26.2 Å². The fourth-order valence-electron chi connectivity index (χ4n) is 2.26. The van der Waals surface area contributed by atoms with E-state index in [0.29, 0.717) is 5.82 Å². The molecule has 102 valence electrons. The molecule has 2 aliphatic rings. The summed E-state index contributed by atoms with van der Waals surface area (Å²) < 4.78 is 38.6. The van der Waals surface area contributed by atoms with Gasteiger partial charge in [0.1, 0.15) is 5.82 Å². The second kappa shape index (κ2) is 4.91. The lowest BCUT2D eigenvalue weighted by molar-refractivity contribution is -0.167. The molecule has 1 saturated heterocycles. The average molecular weight is 261 g/mol. The van der Waals surface area contributed by atoms with Crippen molar-refractivity contribution in [2.75, 3.05) is 33.2 Å². The molecule has 1 fully saturated rings. The van der Waals surface area contributed by atoms with Crippen LogP contribution in [-0.2, 0) is 0 Å². The van der Waals surface area contributed by atoms with Crippen molar-refractivity contribution in [2.45, 2.75) is 13.1 Å². The lowest BCUT2D eigenvalue weighted by atomic mass is 9.92. The normalized spacial score (nSPS) is 30.5. The largest absolute Gasteiger partial charge is 0.395 e. The lowest BCUT2D eigenvalue weighted by Gasteiger charge is -2.36. The molecule has 0 bridgehead atoms. The second-order valence-electron chi connectivity index (χ2n) is 5.02. The predicted molar refractivity (Wildman–Crippen MR) is 64.4 cm³/mol. The van der Waals surface area contributed by atoms with Gasteiger partial charge in [0.05, 0.1) is 5.92 Å². The minimum atomic E-state index is -4.19. The van der Waals surface area contributed by atoms with Gasteiger partial charge in [-0.3, -0.25) is 0 Å². The molecule has 2 aliphatic heterocycles. The van der Waals surface area contributed by atoms with Crippen LogP contribution in [0.25, 0.3) is 0 Å². The first kappa shape index (κ1) is 13.4. The van der Waals surface area contributed by atoms with Gasteiger partial charge in [-0.1, -0.05) is 6.92 Å². The van der Waals surface area contributed by atoms with E-state index in [2.05, 4.69) is 9.89 Å². The molecule has 0 aliphatic carbocycles. The number of halogens is 3. The number of aliphatic imine (C=N–C) groups is 1. The van der Waals surface area contributed by atoms with Crippen LogP contribution in [0.3, 0.4) is 0 Å². The quantitative estimate of drug-likeness (QED) is 0.718. The predicted octanol–water partition coefficient (Wildman–Crippen LogP) is 1.97. The van der Waals surface area contributed by atoms with Crippen LogP contribution in [0, 0.1) is 11.8 Å². The molecule has 2 heterocycles. The van der Waals surface area contributed by atoms with Crippen molar-refractivity contribution in [1.29, 1.82) is 0 Å². The van der Waals surface area contributed by atoms with Gasteiger partial charge >= 0.3 is 6.18 Å². The standard InChI is InChI=1S/C12H18F3N3/c1-9-8-16-11(7-10(9)12(13,14)15)18-5-3-17(2)4-6-18/h7-10H,3-6H2,1-2H3. The Labute approximate surface area is 105 Å². The van der Waals surface area contributed by atoms with Gasteiger partial charge < -0.3 is 9.80 Å². The van der Waals surface area contributed by atoms with E-state index in [-0.39, 0.29) is 0 Å². The Balaban J connectivity index is 2.11. The van der Waals surface area contributed by atoms with Gasteiger partial charge in [-0.25, -0.2) is 4.99 Å². The minimum absolute atomic E-state index is 0.475. The first-order chi connectivity index (χ1) is 8.38. The van der Waals surface area contributed by atoms with E-state index >= 15 is 0 Å². The fourth-order valence-corrected chi connectivity index (χ4v) is 2.26. The average Bonchev–Trinajstić information content (AvgIpc) is 2.29. The smallest absolute Gasteiger partial charge is 0.354 e. The Bertz CT molecular complexity index is 354. The highest BCUT2D eigenvalue weighted by Crippen LogP contribution is 2.36. The molecule has 2 unspecified atom stereocenters. The monoisotopic (exact) mass is 261 g/mol. The zero-order valence-corrected chi connectivity index (χ0v) is 10.6. The van der Waals surface area contributed by atoms with Crippen molar-refractivity contribution in [3.05, 3.63) is 11.9 Å². The Morgan fingerprint density at radius 2 is 1.83 bits per heavy atom. The molecule has 0 aromatic rings. The fraction of sp³-hybridized carbons (Fsp3) is 0.750. The van der Waals surface area contributed by atoms with Crippen molar-refractivity contribution in [3.63, 3.8) is 0 Å². The van der Waals surface area contributed by atoms with E-state index in [1.54, 1.807) is 6.92 Å². The molecule has 2 atom stereocenters. The number of rotatable bonds is 1. The lowest BCUT2D eigenvalue weighted by Crippen LogP contribution is -2.44. The maximum Gasteiger partial charge on any atom is 0.395 e. The Hall–Kier alpha value is -1.04. The number of hydrogen-bond acceptors (Lipinski definition) is 3. The second-order valence-corrected chi connectivity index (χ2v) is 5.02. The zero-order chi connectivity index (χ0) is 13.3. The van der Waals surface area contributed by atoms with E-state index in [1.807, 2.05) is 11.9 Å². The summed E-state index contributed by atoms with van der Waals surface area (Å²) in [6, 6.07) is 0. The molecule has 0 aromatic carbocycles. The maximum atomic E-state index is 12.9. The highest BCUT2D eigenvalue weighted by molar-refractivity contribution is 5.64. The molecule has 0 saturated carbocycles. The SMILES string of the molecule is CC1C=NC(N2CCN(C)CC2)=CC1C(F)(F)F. The molecular weight excluding hydrogens is 243 g/mol. The van der Waals surface area contributed by atoms with Crippen LogP contribution in [0.4, 0.5) is 13.2 Å². The third-order valence-electron chi connectivity index (χ3n) is 3.54. The molecule has 2 rings (SSSR count). The van der Waals surface area contributed by atoms with Crippen LogP contribution in [0.15, 0.2) is 16.9 Å². The van der Waals surface area contributed by atoms with Gasteiger partial charge in [-0.15, -0.1) is 0 Å². The summed E-state index contributed by atoms with van der Waals surface area (Å²) in [5, 5.41) is 0. The van der Waals surface area contributed by atoms with Crippen LogP contribution in [0.1, 0.15) is 6.92 Å². The third kappa shape index (κ3) is 2.85. The molecule has 0 amide bonds. The number of piperazine rings is 1. The Kier molecular flexibility index (Phi) is 3.66. The number of likely N-dealkylation sites (N-methyl/N-ethyl adjacent to an activating group) is 1. The zero-order valence-electron chi connectivity index (χ0n) is 10.6. The van der Waals surface area contributed by atoms with E-state index in [4.69, 9.17) is 0 Å². The van der Waals surface area contributed by atoms with Crippen molar-refractivity contribution in [1.82, 2.24) is 9.80 Å². The first-order valence-electron chi connectivity index (χ1n) is 6.14. The molecular formula is C12H18F3N3. The molecule has 6 heteroatoms. The summed E-state index contributed by atoms with van der Waals surface area (Å²) >= 11 is 0. The van der Waals surface area contributed by atoms with Gasteiger partial charge in [0.25, 0.3) is 0 Å². The molecule has 3 nitrogen and oxygen atoms in total. The van der Waals surface area contributed by atoms with Crippen LogP contribution in [0.2, 0.25) is 0 Å². The molecule has 18 heavy (non-hydrogen) atoms. The maximum absolute atomic E-state index is 12.9. The third-order valence-corrected chi connectivity index (χ3v) is 3.54. The molecule has 0 N–H and O–H groups in total. The van der Waals surface area contributed by atoms with E-state index in [1.165, 1.54) is 12.3 Å². The van der Waals surface area contributed by atoms with Crippen molar-refractivity contribution in [3.8, 4) is 0 Å². The molecule has 0 radical (unpaired) electrons. The number of nitrogens with zero attached hydrogens (tertiary/aromatic N) is 3. The van der Waals surface area contributed by atoms with E-state index in [9.17, 15) is 13.2 Å². The van der Waals surface area contributed by atoms with Crippen LogP contribution in [-0.4, -0.2) is 55.4 Å². The van der Waals surface area contributed by atoms with Crippen LogP contribution < -0.4 is 0 Å². The van der Waals surface area contributed by atoms with Crippen molar-refractivity contribution >= 4 is 6.21 Å². The summed E-state index contributed by atoms with van der Waals surface area (Å²) in [5.41, 5.74) is 0. The highest BCUT2D eigenvalue weighted by Gasteiger charge is 2.43. The topological polar surface area (TPSA) is 18.8 Å². The minimum Gasteiger partial charge on any atom is -0.354 e. The Morgan fingerprint density at radius 1 is 1.22 bits per heavy atom. The number of allylic oxidation sites excluding steroid dienone is 1. The molecule has 0 spiro atoms. The van der Waals surface area contributed by atoms with E-state index < -0.39 is 18.0 Å². The summed E-state index contributed by atoms with van der Waals surface area (Å²) in [4.78, 5) is 8.26. The summed E-state index contributed by atoms with van der Waals surface area (Å²) in [6.07, 6.45) is -1.49. The van der Waals surface area contributed by atoms with Crippen LogP contribution in [0.5, 0.6) is 0 Å². The molecule has 0 aromatic heterocycles. The summed E-state index contributed by atoms with van der Waals surface area (Å²) in [7, 11) is 2.01. The number of alkyl halides is 3. The van der Waals surface area contributed by atoms with Crippen LogP contribution >= 0.6 is 0 Å². The van der Waals surface area contributed by atoms with Gasteiger partial charge in [0.15, 0.2) is 0 Å². The van der Waals surface area contributed by atoms with Crippen molar-refractivity contribution < 1.29 is 13.2 Å². The van der Waals surface area contributed by atoms with Crippen molar-refractivity contribution in [2.24, 2.45) is 16.8 Å². The number of hydrogen-bond donors (Lipinski definition) is 0. The van der Waals surface area contributed by atoms with Gasteiger partial charge in [-0.2, -0.15) is 13.2 Å².